The number of hydrogen-bond acceptors (Lipinski definition) is 2. The molecule has 0 aliphatic rings. The number of halogens is 4. The summed E-state index contributed by atoms with van der Waals surface area (Å²) in [7, 11) is 0. The van der Waals surface area contributed by atoms with Gasteiger partial charge in [-0.3, -0.25) is 9.97 Å². The minimum atomic E-state index is -4.44. The van der Waals surface area contributed by atoms with Crippen LogP contribution in [0.25, 0.3) is 12.2 Å². The normalized spacial score (nSPS) is 12.0. The Morgan fingerprint density at radius 1 is 1.16 bits per heavy atom. The quantitative estimate of drug-likeness (QED) is 0.821. The van der Waals surface area contributed by atoms with E-state index >= 15 is 0 Å². The van der Waals surface area contributed by atoms with Crippen molar-refractivity contribution in [2.75, 3.05) is 0 Å². The number of rotatable bonds is 2. The predicted molar refractivity (Wildman–Crippen MR) is 67.4 cm³/mol. The van der Waals surface area contributed by atoms with Crippen molar-refractivity contribution in [2.24, 2.45) is 0 Å². The Balaban J connectivity index is 2.25. The Morgan fingerprint density at radius 3 is 2.53 bits per heavy atom. The Morgan fingerprint density at radius 2 is 1.95 bits per heavy atom. The molecule has 0 bridgehead atoms. The number of alkyl halides is 3. The molecule has 0 saturated carbocycles. The first-order chi connectivity index (χ1) is 8.97. The molecule has 0 N–H and O–H groups in total. The van der Waals surface area contributed by atoms with Gasteiger partial charge in [-0.1, -0.05) is 23.7 Å². The van der Waals surface area contributed by atoms with Crippen LogP contribution in [-0.4, -0.2) is 9.97 Å². The average molecular weight is 285 g/mol. The van der Waals surface area contributed by atoms with Crippen LogP contribution in [0.1, 0.15) is 16.8 Å². The molecule has 2 rings (SSSR count). The molecule has 0 atom stereocenters. The lowest BCUT2D eigenvalue weighted by Gasteiger charge is -2.07. The van der Waals surface area contributed by atoms with Crippen molar-refractivity contribution < 1.29 is 13.2 Å². The maximum absolute atomic E-state index is 12.4. The predicted octanol–water partition coefficient (Wildman–Crippen LogP) is 4.32. The van der Waals surface area contributed by atoms with Crippen LogP contribution in [0.2, 0.25) is 5.02 Å². The topological polar surface area (TPSA) is 25.8 Å². The maximum atomic E-state index is 12.4. The molecule has 2 nitrogen and oxygen atoms in total. The lowest BCUT2D eigenvalue weighted by Crippen LogP contribution is -2.05. The summed E-state index contributed by atoms with van der Waals surface area (Å²) in [6.45, 7) is 0. The highest BCUT2D eigenvalue weighted by Crippen LogP contribution is 2.31. The second kappa shape index (κ2) is 5.40. The minimum absolute atomic E-state index is 0.0463. The molecule has 19 heavy (non-hydrogen) atoms. The molecule has 6 heteroatoms. The van der Waals surface area contributed by atoms with Gasteiger partial charge in [-0.05, 0) is 23.8 Å². The molecule has 98 valence electrons. The third kappa shape index (κ3) is 3.54. The molecule has 2 aromatic rings. The summed E-state index contributed by atoms with van der Waals surface area (Å²) in [5.74, 6) is 0. The Bertz CT molecular complexity index is 595. The van der Waals surface area contributed by atoms with Gasteiger partial charge in [-0.15, -0.1) is 0 Å². The molecule has 0 saturated heterocycles. The van der Waals surface area contributed by atoms with Gasteiger partial charge < -0.3 is 0 Å². The minimum Gasteiger partial charge on any atom is -0.264 e. The first-order valence-corrected chi connectivity index (χ1v) is 5.65. The van der Waals surface area contributed by atoms with E-state index in [1.54, 1.807) is 30.6 Å². The molecule has 2 aromatic heterocycles. The highest BCUT2D eigenvalue weighted by atomic mass is 35.5. The summed E-state index contributed by atoms with van der Waals surface area (Å²) in [6.07, 6.45) is 2.78. The summed E-state index contributed by atoms with van der Waals surface area (Å²) < 4.78 is 37.3. The van der Waals surface area contributed by atoms with E-state index in [4.69, 9.17) is 11.6 Å². The van der Waals surface area contributed by atoms with E-state index in [9.17, 15) is 13.2 Å². The summed E-state index contributed by atoms with van der Waals surface area (Å²) in [6, 6.07) is 4.42. The molecule has 0 fully saturated rings. The van der Waals surface area contributed by atoms with Gasteiger partial charge in [0.1, 0.15) is 0 Å². The lowest BCUT2D eigenvalue weighted by atomic mass is 10.2. The summed E-state index contributed by atoms with van der Waals surface area (Å²) >= 11 is 5.77. The SMILES string of the molecule is FC(F)(F)c1cnc(/C=C/c2cccnc2)c(Cl)c1. The molecular weight excluding hydrogens is 277 g/mol. The monoisotopic (exact) mass is 284 g/mol. The molecule has 0 aliphatic heterocycles. The van der Waals surface area contributed by atoms with E-state index in [1.807, 2.05) is 6.07 Å². The number of pyridine rings is 2. The van der Waals surface area contributed by atoms with Crippen molar-refractivity contribution in [1.82, 2.24) is 9.97 Å². The van der Waals surface area contributed by atoms with Gasteiger partial charge in [0, 0.05) is 18.6 Å². The molecule has 2 heterocycles. The fourth-order valence-corrected chi connectivity index (χ4v) is 1.61. The van der Waals surface area contributed by atoms with E-state index in [2.05, 4.69) is 9.97 Å². The van der Waals surface area contributed by atoms with Crippen LogP contribution in [0.15, 0.2) is 36.8 Å². The van der Waals surface area contributed by atoms with Crippen molar-refractivity contribution in [3.63, 3.8) is 0 Å². The van der Waals surface area contributed by atoms with Gasteiger partial charge in [-0.25, -0.2) is 0 Å². The zero-order valence-corrected chi connectivity index (χ0v) is 10.3. The molecule has 0 spiro atoms. The van der Waals surface area contributed by atoms with Crippen molar-refractivity contribution in [1.29, 1.82) is 0 Å². The van der Waals surface area contributed by atoms with Crippen molar-refractivity contribution in [2.45, 2.75) is 6.18 Å². The third-order valence-corrected chi connectivity index (χ3v) is 2.62. The second-order valence-corrected chi connectivity index (χ2v) is 4.12. The van der Waals surface area contributed by atoms with Crippen LogP contribution in [0.4, 0.5) is 13.2 Å². The fraction of sp³-hybridized carbons (Fsp3) is 0.0769. The second-order valence-electron chi connectivity index (χ2n) is 3.71. The average Bonchev–Trinajstić information content (AvgIpc) is 2.37. The van der Waals surface area contributed by atoms with Crippen LogP contribution in [0.3, 0.4) is 0 Å². The zero-order chi connectivity index (χ0) is 13.9. The first kappa shape index (κ1) is 13.5. The van der Waals surface area contributed by atoms with E-state index in [-0.39, 0.29) is 10.7 Å². The maximum Gasteiger partial charge on any atom is 0.417 e. The third-order valence-electron chi connectivity index (χ3n) is 2.32. The van der Waals surface area contributed by atoms with Gasteiger partial charge >= 0.3 is 6.18 Å². The van der Waals surface area contributed by atoms with Crippen LogP contribution >= 0.6 is 11.6 Å². The molecule has 0 radical (unpaired) electrons. The van der Waals surface area contributed by atoms with Gasteiger partial charge in [-0.2, -0.15) is 13.2 Å². The highest BCUT2D eigenvalue weighted by molar-refractivity contribution is 6.32. The van der Waals surface area contributed by atoms with Crippen LogP contribution in [0.5, 0.6) is 0 Å². The smallest absolute Gasteiger partial charge is 0.264 e. The number of hydrogen-bond donors (Lipinski definition) is 0. The Hall–Kier alpha value is -1.88. The molecular formula is C13H8ClF3N2. The summed E-state index contributed by atoms with van der Waals surface area (Å²) in [4.78, 5) is 7.61. The standard InChI is InChI=1S/C13H8ClF3N2/c14-11-6-10(13(15,16)17)8-19-12(11)4-3-9-2-1-5-18-7-9/h1-8H/b4-3+. The van der Waals surface area contributed by atoms with Crippen LogP contribution in [-0.2, 0) is 6.18 Å². The largest absolute Gasteiger partial charge is 0.417 e. The van der Waals surface area contributed by atoms with Crippen LogP contribution in [0, 0.1) is 0 Å². The summed E-state index contributed by atoms with van der Waals surface area (Å²) in [5, 5.41) is -0.0463. The van der Waals surface area contributed by atoms with Gasteiger partial charge in [0.15, 0.2) is 0 Å². The molecule has 0 aliphatic carbocycles. The number of aromatic nitrogens is 2. The Kier molecular flexibility index (Phi) is 3.85. The zero-order valence-electron chi connectivity index (χ0n) is 9.53. The first-order valence-electron chi connectivity index (χ1n) is 5.27. The Labute approximate surface area is 112 Å². The van der Waals surface area contributed by atoms with Crippen LogP contribution < -0.4 is 0 Å². The van der Waals surface area contributed by atoms with Crippen molar-refractivity contribution in [3.8, 4) is 0 Å². The van der Waals surface area contributed by atoms with E-state index in [1.165, 1.54) is 0 Å². The highest BCUT2D eigenvalue weighted by Gasteiger charge is 2.31. The summed E-state index contributed by atoms with van der Waals surface area (Å²) in [5.41, 5.74) is 0.217. The number of nitrogens with zero attached hydrogens (tertiary/aromatic N) is 2. The van der Waals surface area contributed by atoms with Crippen molar-refractivity contribution >= 4 is 23.8 Å². The molecule has 0 unspecified atom stereocenters. The van der Waals surface area contributed by atoms with Gasteiger partial charge in [0.2, 0.25) is 0 Å². The van der Waals surface area contributed by atoms with E-state index in [0.29, 0.717) is 0 Å². The van der Waals surface area contributed by atoms with E-state index < -0.39 is 11.7 Å². The van der Waals surface area contributed by atoms with Gasteiger partial charge in [0.05, 0.1) is 16.3 Å². The molecule has 0 aromatic carbocycles. The van der Waals surface area contributed by atoms with E-state index in [0.717, 1.165) is 17.8 Å². The fourth-order valence-electron chi connectivity index (χ4n) is 1.38. The van der Waals surface area contributed by atoms with Gasteiger partial charge in [0.25, 0.3) is 0 Å². The molecule has 0 amide bonds. The lowest BCUT2D eigenvalue weighted by molar-refractivity contribution is -0.137. The van der Waals surface area contributed by atoms with Crippen molar-refractivity contribution in [3.05, 3.63) is 58.6 Å².